The number of nitrogens with zero attached hydrogens (tertiary/aromatic N) is 1. The van der Waals surface area contributed by atoms with Crippen LogP contribution in [0.15, 0.2) is 58.6 Å². The molecule has 0 amide bonds. The largest absolute Gasteiger partial charge is 0.346 e. The molecule has 0 aliphatic heterocycles. The van der Waals surface area contributed by atoms with Crippen LogP contribution in [0.25, 0.3) is 11.0 Å². The third kappa shape index (κ3) is 1.80. The van der Waals surface area contributed by atoms with Crippen molar-refractivity contribution in [3.63, 3.8) is 0 Å². The lowest BCUT2D eigenvalue weighted by Crippen LogP contribution is -2.05. The van der Waals surface area contributed by atoms with Crippen molar-refractivity contribution < 1.29 is 12.8 Å². The van der Waals surface area contributed by atoms with Crippen LogP contribution in [-0.4, -0.2) is 18.4 Å². The molecule has 0 bridgehead atoms. The van der Waals surface area contributed by atoms with Crippen molar-refractivity contribution >= 4 is 20.9 Å². The maximum atomic E-state index is 13.9. The Hall–Kier alpha value is -2.21. The standard InChI is InChI=1S/C13H9FN2O2S/c14-11-8-16-13-10(6-7-15-13)12(11)19(17,18)9-4-2-1-3-5-9/h1-8H,(H,15,16). The van der Waals surface area contributed by atoms with Crippen molar-refractivity contribution in [2.24, 2.45) is 0 Å². The number of halogens is 1. The van der Waals surface area contributed by atoms with Crippen molar-refractivity contribution in [3.05, 3.63) is 54.6 Å². The van der Waals surface area contributed by atoms with E-state index in [1.807, 2.05) is 0 Å². The highest BCUT2D eigenvalue weighted by atomic mass is 32.2. The Kier molecular flexibility index (Phi) is 2.60. The van der Waals surface area contributed by atoms with Crippen LogP contribution in [0.1, 0.15) is 0 Å². The van der Waals surface area contributed by atoms with Crippen LogP contribution in [0.4, 0.5) is 4.39 Å². The number of H-pyrrole nitrogens is 1. The fraction of sp³-hybridized carbons (Fsp3) is 0. The summed E-state index contributed by atoms with van der Waals surface area (Å²) in [7, 11) is -3.90. The summed E-state index contributed by atoms with van der Waals surface area (Å²) in [5, 5.41) is 0.254. The Balaban J connectivity index is 2.36. The molecule has 0 atom stereocenters. The Morgan fingerprint density at radius 2 is 1.84 bits per heavy atom. The first-order chi connectivity index (χ1) is 9.10. The van der Waals surface area contributed by atoms with E-state index in [9.17, 15) is 12.8 Å². The first kappa shape index (κ1) is 11.9. The van der Waals surface area contributed by atoms with Crippen molar-refractivity contribution in [1.82, 2.24) is 9.97 Å². The SMILES string of the molecule is O=S(=O)(c1ccccc1)c1c(F)cnc2[nH]ccc12. The summed E-state index contributed by atoms with van der Waals surface area (Å²) in [6, 6.07) is 9.27. The van der Waals surface area contributed by atoms with E-state index in [0.717, 1.165) is 6.20 Å². The molecule has 0 saturated carbocycles. The van der Waals surface area contributed by atoms with Crippen molar-refractivity contribution in [1.29, 1.82) is 0 Å². The molecular weight excluding hydrogens is 267 g/mol. The molecule has 1 N–H and O–H groups in total. The normalized spacial score (nSPS) is 11.8. The van der Waals surface area contributed by atoms with Crippen LogP contribution in [-0.2, 0) is 9.84 Å². The lowest BCUT2D eigenvalue weighted by atomic mass is 10.3. The monoisotopic (exact) mass is 276 g/mol. The van der Waals surface area contributed by atoms with Gasteiger partial charge in [-0.15, -0.1) is 0 Å². The van der Waals surface area contributed by atoms with Gasteiger partial charge in [0, 0.05) is 11.6 Å². The number of aromatic nitrogens is 2. The molecule has 0 unspecified atom stereocenters. The highest BCUT2D eigenvalue weighted by Crippen LogP contribution is 2.29. The minimum atomic E-state index is -3.90. The van der Waals surface area contributed by atoms with Crippen LogP contribution < -0.4 is 0 Å². The molecular formula is C13H9FN2O2S. The van der Waals surface area contributed by atoms with E-state index >= 15 is 0 Å². The topological polar surface area (TPSA) is 62.8 Å². The predicted octanol–water partition coefficient (Wildman–Crippen LogP) is 2.53. The molecule has 2 aromatic heterocycles. The van der Waals surface area contributed by atoms with Crippen LogP contribution in [0.5, 0.6) is 0 Å². The molecule has 4 nitrogen and oxygen atoms in total. The van der Waals surface area contributed by atoms with Gasteiger partial charge in [-0.2, -0.15) is 0 Å². The van der Waals surface area contributed by atoms with E-state index in [1.54, 1.807) is 18.2 Å². The number of sulfone groups is 1. The number of hydrogen-bond acceptors (Lipinski definition) is 3. The number of hydrogen-bond donors (Lipinski definition) is 1. The van der Waals surface area contributed by atoms with Crippen LogP contribution in [0.3, 0.4) is 0 Å². The van der Waals surface area contributed by atoms with Crippen molar-refractivity contribution in [2.45, 2.75) is 9.79 Å². The highest BCUT2D eigenvalue weighted by Gasteiger charge is 2.25. The second-order valence-electron chi connectivity index (χ2n) is 3.99. The summed E-state index contributed by atoms with van der Waals surface area (Å²) in [6.07, 6.45) is 2.44. The number of fused-ring (bicyclic) bond motifs is 1. The van der Waals surface area contributed by atoms with Gasteiger partial charge in [-0.1, -0.05) is 18.2 Å². The molecule has 2 heterocycles. The van der Waals surface area contributed by atoms with Crippen LogP contribution in [0, 0.1) is 5.82 Å². The molecule has 6 heteroatoms. The second-order valence-corrected chi connectivity index (χ2v) is 5.88. The zero-order valence-corrected chi connectivity index (χ0v) is 10.5. The molecule has 0 aliphatic rings. The fourth-order valence-corrected chi connectivity index (χ4v) is 3.46. The molecule has 3 rings (SSSR count). The fourth-order valence-electron chi connectivity index (χ4n) is 1.95. The molecule has 0 saturated heterocycles. The number of pyridine rings is 1. The van der Waals surface area contributed by atoms with Gasteiger partial charge in [0.25, 0.3) is 0 Å². The van der Waals surface area contributed by atoms with E-state index in [2.05, 4.69) is 9.97 Å². The van der Waals surface area contributed by atoms with E-state index in [0.29, 0.717) is 5.65 Å². The maximum absolute atomic E-state index is 13.9. The predicted molar refractivity (Wildman–Crippen MR) is 67.9 cm³/mol. The molecule has 0 fully saturated rings. The quantitative estimate of drug-likeness (QED) is 0.782. The Morgan fingerprint density at radius 1 is 1.11 bits per heavy atom. The Labute approximate surface area is 108 Å². The molecule has 1 aromatic carbocycles. The second kappa shape index (κ2) is 4.17. The van der Waals surface area contributed by atoms with Crippen LogP contribution >= 0.6 is 0 Å². The van der Waals surface area contributed by atoms with Crippen molar-refractivity contribution in [2.75, 3.05) is 0 Å². The summed E-state index contributed by atoms with van der Waals surface area (Å²) in [5.41, 5.74) is 0.343. The van der Waals surface area contributed by atoms with E-state index in [-0.39, 0.29) is 15.2 Å². The minimum Gasteiger partial charge on any atom is -0.346 e. The summed E-state index contributed by atoms with van der Waals surface area (Å²) in [5.74, 6) is -0.851. The third-order valence-corrected chi connectivity index (χ3v) is 4.66. The Bertz CT molecular complexity index is 841. The van der Waals surface area contributed by atoms with Gasteiger partial charge in [-0.3, -0.25) is 0 Å². The highest BCUT2D eigenvalue weighted by molar-refractivity contribution is 7.91. The lowest BCUT2D eigenvalue weighted by Gasteiger charge is -2.06. The summed E-state index contributed by atoms with van der Waals surface area (Å²) in [6.45, 7) is 0. The van der Waals surface area contributed by atoms with Gasteiger partial charge in [-0.25, -0.2) is 17.8 Å². The number of nitrogens with one attached hydrogen (secondary N) is 1. The maximum Gasteiger partial charge on any atom is 0.210 e. The average molecular weight is 276 g/mol. The van der Waals surface area contributed by atoms with Crippen molar-refractivity contribution in [3.8, 4) is 0 Å². The first-order valence-corrected chi connectivity index (χ1v) is 7.01. The van der Waals surface area contributed by atoms with E-state index < -0.39 is 15.7 Å². The van der Waals surface area contributed by atoms with Gasteiger partial charge in [0.2, 0.25) is 9.84 Å². The number of benzene rings is 1. The smallest absolute Gasteiger partial charge is 0.210 e. The molecule has 19 heavy (non-hydrogen) atoms. The number of rotatable bonds is 2. The zero-order valence-electron chi connectivity index (χ0n) is 9.67. The molecule has 96 valence electrons. The van der Waals surface area contributed by atoms with Gasteiger partial charge < -0.3 is 4.98 Å². The third-order valence-electron chi connectivity index (χ3n) is 2.82. The van der Waals surface area contributed by atoms with Gasteiger partial charge in [-0.05, 0) is 18.2 Å². The first-order valence-electron chi connectivity index (χ1n) is 5.52. The van der Waals surface area contributed by atoms with Gasteiger partial charge >= 0.3 is 0 Å². The zero-order chi connectivity index (χ0) is 13.5. The minimum absolute atomic E-state index is 0.0580. The van der Waals surface area contributed by atoms with E-state index in [4.69, 9.17) is 0 Å². The van der Waals surface area contributed by atoms with Crippen LogP contribution in [0.2, 0.25) is 0 Å². The van der Waals surface area contributed by atoms with Gasteiger partial charge in [0.05, 0.1) is 11.1 Å². The summed E-state index contributed by atoms with van der Waals surface area (Å²) < 4.78 is 38.9. The molecule has 0 aliphatic carbocycles. The summed E-state index contributed by atoms with van der Waals surface area (Å²) in [4.78, 5) is 6.30. The van der Waals surface area contributed by atoms with Gasteiger partial charge in [0.15, 0.2) is 5.82 Å². The number of aromatic amines is 1. The molecule has 0 spiro atoms. The molecule has 3 aromatic rings. The average Bonchev–Trinajstić information content (AvgIpc) is 2.87. The molecule has 0 radical (unpaired) electrons. The Morgan fingerprint density at radius 3 is 2.58 bits per heavy atom. The van der Waals surface area contributed by atoms with E-state index in [1.165, 1.54) is 24.4 Å². The summed E-state index contributed by atoms with van der Waals surface area (Å²) >= 11 is 0. The van der Waals surface area contributed by atoms with Gasteiger partial charge in [0.1, 0.15) is 10.5 Å². The lowest BCUT2D eigenvalue weighted by molar-refractivity contribution is 0.567.